The van der Waals surface area contributed by atoms with Crippen LogP contribution in [0.3, 0.4) is 0 Å². The number of rotatable bonds is 9. The van der Waals surface area contributed by atoms with E-state index in [-0.39, 0.29) is 16.4 Å². The number of aromatic nitrogens is 2. The molecule has 0 saturated carbocycles. The van der Waals surface area contributed by atoms with Crippen LogP contribution in [0, 0.1) is 0 Å². The number of nitrogens with one attached hydrogen (secondary N) is 2. The lowest BCUT2D eigenvalue weighted by Crippen LogP contribution is -2.36. The van der Waals surface area contributed by atoms with Crippen molar-refractivity contribution in [3.8, 4) is 11.5 Å². The van der Waals surface area contributed by atoms with E-state index < -0.39 is 0 Å². The van der Waals surface area contributed by atoms with Gasteiger partial charge in [-0.15, -0.1) is 0 Å². The highest BCUT2D eigenvalue weighted by molar-refractivity contribution is 8.14. The Balaban J connectivity index is 1.45. The number of hydrazone groups is 1. The van der Waals surface area contributed by atoms with E-state index in [1.807, 2.05) is 49.4 Å². The minimum atomic E-state index is -0.256. The highest BCUT2D eigenvalue weighted by atomic mass is 32.2. The highest BCUT2D eigenvalue weighted by Crippen LogP contribution is 2.33. The number of hydrogen-bond donors (Lipinski definition) is 2. The molecule has 2 N–H and O–H groups in total. The van der Waals surface area contributed by atoms with E-state index in [4.69, 9.17) is 14.6 Å². The van der Waals surface area contributed by atoms with Gasteiger partial charge in [-0.05, 0) is 48.7 Å². The molecule has 0 saturated heterocycles. The zero-order valence-electron chi connectivity index (χ0n) is 19.8. The number of nitrogens with zero attached hydrogens (tertiary/aromatic N) is 3. The van der Waals surface area contributed by atoms with Crippen LogP contribution in [0.2, 0.25) is 0 Å². The molecule has 1 atom stereocenters. The Morgan fingerprint density at radius 3 is 2.57 bits per heavy atom. The molecule has 0 bridgehead atoms. The monoisotopic (exact) mass is 493 g/mol. The second-order valence-corrected chi connectivity index (χ2v) is 8.98. The minimum Gasteiger partial charge on any atom is -0.493 e. The first-order valence-electron chi connectivity index (χ1n) is 11.2. The number of ether oxygens (including phenoxy) is 2. The van der Waals surface area contributed by atoms with E-state index in [2.05, 4.69) is 15.3 Å². The van der Waals surface area contributed by atoms with Crippen LogP contribution in [0.1, 0.15) is 35.0 Å². The number of hydrogen-bond acceptors (Lipinski definition) is 7. The summed E-state index contributed by atoms with van der Waals surface area (Å²) in [6.45, 7) is 2.49. The van der Waals surface area contributed by atoms with E-state index in [0.717, 1.165) is 23.3 Å². The number of benzene rings is 2. The first kappa shape index (κ1) is 24.3. The normalized spacial score (nSPS) is 15.5. The van der Waals surface area contributed by atoms with E-state index in [0.29, 0.717) is 35.8 Å². The summed E-state index contributed by atoms with van der Waals surface area (Å²) < 4.78 is 10.8. The number of thioether (sulfide) groups is 1. The first-order chi connectivity index (χ1) is 17.0. The Labute approximate surface area is 207 Å². The Hall–Kier alpha value is -3.79. The van der Waals surface area contributed by atoms with Gasteiger partial charge in [0.2, 0.25) is 0 Å². The smallest absolute Gasteiger partial charge is 0.302 e. The van der Waals surface area contributed by atoms with Crippen LogP contribution in [0.5, 0.6) is 11.5 Å². The molecule has 1 aromatic heterocycles. The molecule has 2 heterocycles. The number of anilines is 1. The molecule has 9 nitrogen and oxygen atoms in total. The third-order valence-electron chi connectivity index (χ3n) is 5.60. The lowest BCUT2D eigenvalue weighted by Gasteiger charge is -2.28. The predicted octanol–water partition coefficient (Wildman–Crippen LogP) is 4.57. The summed E-state index contributed by atoms with van der Waals surface area (Å²) in [6.07, 6.45) is 4.33. The first-order valence-corrected chi connectivity index (χ1v) is 12.1. The molecule has 4 rings (SSSR count). The fourth-order valence-electron chi connectivity index (χ4n) is 3.70. The summed E-state index contributed by atoms with van der Waals surface area (Å²) in [5.41, 5.74) is 3.84. The Morgan fingerprint density at radius 2 is 1.91 bits per heavy atom. The average molecular weight is 494 g/mol. The van der Waals surface area contributed by atoms with E-state index in [9.17, 15) is 9.59 Å². The molecule has 0 aliphatic carbocycles. The fraction of sp³-hybridized carbons (Fsp3) is 0.280. The van der Waals surface area contributed by atoms with Gasteiger partial charge in [-0.3, -0.25) is 9.59 Å². The predicted molar refractivity (Wildman–Crippen MR) is 137 cm³/mol. The van der Waals surface area contributed by atoms with Crippen LogP contribution in [0.15, 0.2) is 60.1 Å². The molecular weight excluding hydrogens is 466 g/mol. The van der Waals surface area contributed by atoms with Gasteiger partial charge in [-0.2, -0.15) is 5.10 Å². The molecule has 0 fully saturated rings. The number of methoxy groups -OCH3 is 2. The van der Waals surface area contributed by atoms with Gasteiger partial charge in [-0.25, -0.2) is 9.99 Å². The van der Waals surface area contributed by atoms with Crippen LogP contribution < -0.4 is 14.8 Å². The van der Waals surface area contributed by atoms with Crippen molar-refractivity contribution in [2.75, 3.05) is 26.1 Å². The maximum Gasteiger partial charge on any atom is 0.302 e. The SMILES string of the molecule is CCC1SC(=O)N(CCc2ccc(NC(=O)c3cnc[nH]3)cc2)N=C1c1ccc(OC)c(OC)c1. The van der Waals surface area contributed by atoms with Crippen molar-refractivity contribution in [1.29, 1.82) is 0 Å². The third kappa shape index (κ3) is 5.65. The van der Waals surface area contributed by atoms with Crippen molar-refractivity contribution >= 4 is 34.3 Å². The van der Waals surface area contributed by atoms with Crippen LogP contribution in [-0.2, 0) is 6.42 Å². The van der Waals surface area contributed by atoms with Gasteiger partial charge in [0, 0.05) is 17.8 Å². The molecule has 0 spiro atoms. The topological polar surface area (TPSA) is 109 Å². The van der Waals surface area contributed by atoms with Gasteiger partial charge < -0.3 is 19.8 Å². The van der Waals surface area contributed by atoms with Gasteiger partial charge in [-0.1, -0.05) is 30.8 Å². The zero-order valence-corrected chi connectivity index (χ0v) is 20.6. The standard InChI is InChI=1S/C25H27N5O4S/c1-4-22-23(17-7-10-20(33-2)21(13-17)34-3)29-30(25(32)35-22)12-11-16-5-8-18(9-6-16)28-24(31)19-14-26-15-27-19/h5-10,13-15,22H,4,11-12H2,1-3H3,(H,26,27)(H,28,31). The van der Waals surface area contributed by atoms with Crippen LogP contribution in [0.4, 0.5) is 10.5 Å². The van der Waals surface area contributed by atoms with Gasteiger partial charge in [0.1, 0.15) is 5.69 Å². The molecule has 10 heteroatoms. The summed E-state index contributed by atoms with van der Waals surface area (Å²) in [4.78, 5) is 31.5. The Kier molecular flexibility index (Phi) is 7.71. The lowest BCUT2D eigenvalue weighted by molar-refractivity contribution is 0.102. The maximum atomic E-state index is 12.8. The number of aromatic amines is 1. The summed E-state index contributed by atoms with van der Waals surface area (Å²) in [5.74, 6) is 1.01. The quantitative estimate of drug-likeness (QED) is 0.452. The van der Waals surface area contributed by atoms with E-state index in [1.54, 1.807) is 14.2 Å². The van der Waals surface area contributed by atoms with Gasteiger partial charge >= 0.3 is 5.24 Å². The maximum absolute atomic E-state index is 12.8. The Bertz CT molecular complexity index is 1210. The zero-order chi connectivity index (χ0) is 24.8. The highest BCUT2D eigenvalue weighted by Gasteiger charge is 2.30. The van der Waals surface area contributed by atoms with Crippen molar-refractivity contribution < 1.29 is 19.1 Å². The van der Waals surface area contributed by atoms with E-state index >= 15 is 0 Å². The molecule has 3 aromatic rings. The van der Waals surface area contributed by atoms with Crippen LogP contribution >= 0.6 is 11.8 Å². The van der Waals surface area contributed by atoms with Crippen molar-refractivity contribution in [2.24, 2.45) is 5.10 Å². The van der Waals surface area contributed by atoms with Crippen molar-refractivity contribution in [1.82, 2.24) is 15.0 Å². The van der Waals surface area contributed by atoms with Crippen LogP contribution in [0.25, 0.3) is 0 Å². The number of imidazole rings is 1. The average Bonchev–Trinajstić information content (AvgIpc) is 3.43. The second kappa shape index (κ2) is 11.1. The van der Waals surface area contributed by atoms with Gasteiger partial charge in [0.05, 0.1) is 37.7 Å². The summed E-state index contributed by atoms with van der Waals surface area (Å²) in [5, 5.41) is 8.98. The number of carbonyl (C=O) groups excluding carboxylic acids is 2. The summed E-state index contributed by atoms with van der Waals surface area (Å²) in [7, 11) is 3.20. The molecule has 0 radical (unpaired) electrons. The van der Waals surface area contributed by atoms with Crippen LogP contribution in [-0.4, -0.2) is 57.8 Å². The van der Waals surface area contributed by atoms with Gasteiger partial charge in [0.15, 0.2) is 11.5 Å². The molecule has 2 amide bonds. The summed E-state index contributed by atoms with van der Waals surface area (Å²) >= 11 is 1.29. The minimum absolute atomic E-state index is 0.0328. The molecular formula is C25H27N5O4S. The summed E-state index contributed by atoms with van der Waals surface area (Å²) in [6, 6.07) is 13.2. The molecule has 1 aliphatic rings. The molecule has 182 valence electrons. The lowest BCUT2D eigenvalue weighted by atomic mass is 10.0. The molecule has 1 aliphatic heterocycles. The molecule has 1 unspecified atom stereocenters. The molecule has 2 aromatic carbocycles. The number of H-pyrrole nitrogens is 1. The van der Waals surface area contributed by atoms with E-state index in [1.165, 1.54) is 29.3 Å². The number of amides is 2. The third-order valence-corrected chi connectivity index (χ3v) is 6.86. The van der Waals surface area contributed by atoms with Gasteiger partial charge in [0.25, 0.3) is 5.91 Å². The fourth-order valence-corrected chi connectivity index (χ4v) is 4.66. The van der Waals surface area contributed by atoms with Crippen molar-refractivity contribution in [3.63, 3.8) is 0 Å². The Morgan fingerprint density at radius 1 is 1.14 bits per heavy atom. The second-order valence-electron chi connectivity index (χ2n) is 7.83. The van der Waals surface area contributed by atoms with Crippen molar-refractivity contribution in [2.45, 2.75) is 25.0 Å². The molecule has 35 heavy (non-hydrogen) atoms. The van der Waals surface area contributed by atoms with Crippen molar-refractivity contribution in [3.05, 3.63) is 71.8 Å². The largest absolute Gasteiger partial charge is 0.493 e. The number of carbonyl (C=O) groups is 2.